The number of hydrogen-bond acceptors (Lipinski definition) is 18. The Kier molecular flexibility index (Phi) is 42.7. The van der Waals surface area contributed by atoms with Crippen molar-refractivity contribution < 1.29 is 89.4 Å². The smallest absolute Gasteiger partial charge is 0.220 e. The van der Waals surface area contributed by atoms with Crippen LogP contribution >= 0.6 is 0 Å². The van der Waals surface area contributed by atoms with Crippen molar-refractivity contribution in [1.29, 1.82) is 0 Å². The van der Waals surface area contributed by atoms with Crippen LogP contribution in [0.2, 0.25) is 0 Å². The van der Waals surface area contributed by atoms with E-state index in [1.54, 1.807) is 6.08 Å². The van der Waals surface area contributed by atoms with Crippen molar-refractivity contribution in [3.05, 3.63) is 36.5 Å². The number of amides is 1. The van der Waals surface area contributed by atoms with E-state index >= 15 is 0 Å². The molecule has 19 heteroatoms. The van der Waals surface area contributed by atoms with Crippen LogP contribution in [0.25, 0.3) is 0 Å². The molecule has 19 nitrogen and oxygen atoms in total. The molecule has 83 heavy (non-hydrogen) atoms. The predicted octanol–water partition coefficient (Wildman–Crippen LogP) is 7.27. The summed E-state index contributed by atoms with van der Waals surface area (Å²) in [4.78, 5) is 13.4. The zero-order chi connectivity index (χ0) is 60.5. The maximum Gasteiger partial charge on any atom is 0.220 e. The Balaban J connectivity index is 1.49. The first-order chi connectivity index (χ1) is 40.3. The second-order valence-corrected chi connectivity index (χ2v) is 23.6. The first-order valence-corrected chi connectivity index (χ1v) is 32.7. The van der Waals surface area contributed by atoms with Gasteiger partial charge in [-0.1, -0.05) is 204 Å². The third-order valence-corrected chi connectivity index (χ3v) is 16.4. The van der Waals surface area contributed by atoms with Gasteiger partial charge in [-0.3, -0.25) is 4.79 Å². The summed E-state index contributed by atoms with van der Waals surface area (Å²) in [7, 11) is 0. The third kappa shape index (κ3) is 30.2. The summed E-state index contributed by atoms with van der Waals surface area (Å²) in [6.07, 6.45) is 25.5. The minimum Gasteiger partial charge on any atom is -0.394 e. The number of ether oxygens (including phenoxy) is 6. The molecule has 0 radical (unpaired) electrons. The fraction of sp³-hybridized carbons (Fsp3) is 0.891. The Bertz CT molecular complexity index is 1660. The molecule has 0 bridgehead atoms. The second-order valence-electron chi connectivity index (χ2n) is 23.6. The molecular weight excluding hydrogens is 1070 g/mol. The Hall–Kier alpha value is -1.99. The predicted molar refractivity (Wildman–Crippen MR) is 319 cm³/mol. The maximum absolute atomic E-state index is 13.4. The van der Waals surface area contributed by atoms with Crippen molar-refractivity contribution in [2.75, 3.05) is 26.4 Å². The molecule has 1 amide bonds. The van der Waals surface area contributed by atoms with Crippen LogP contribution in [-0.2, 0) is 33.2 Å². The normalized spacial score (nSPS) is 29.6. The summed E-state index contributed by atoms with van der Waals surface area (Å²) in [6, 6.07) is -0.990. The topological polar surface area (TPSA) is 307 Å². The van der Waals surface area contributed by atoms with Gasteiger partial charge in [-0.25, -0.2) is 0 Å². The number of aliphatic hydroxyl groups is 11. The molecule has 3 aliphatic heterocycles. The lowest BCUT2D eigenvalue weighted by molar-refractivity contribution is -0.379. The Morgan fingerprint density at radius 2 is 0.771 bits per heavy atom. The number of rotatable bonds is 49. The molecule has 3 rings (SSSR count). The maximum atomic E-state index is 13.4. The first kappa shape index (κ1) is 75.3. The number of allylic oxidation sites excluding steroid dienone is 5. The Morgan fingerprint density at radius 1 is 0.422 bits per heavy atom. The van der Waals surface area contributed by atoms with Gasteiger partial charge in [0, 0.05) is 6.42 Å². The molecule has 0 spiro atoms. The van der Waals surface area contributed by atoms with Crippen LogP contribution in [0.15, 0.2) is 36.5 Å². The van der Waals surface area contributed by atoms with Gasteiger partial charge in [-0.2, -0.15) is 0 Å². The largest absolute Gasteiger partial charge is 0.394 e. The fourth-order valence-electron chi connectivity index (χ4n) is 11.0. The van der Waals surface area contributed by atoms with Crippen LogP contribution in [0, 0.1) is 0 Å². The summed E-state index contributed by atoms with van der Waals surface area (Å²) < 4.78 is 34.3. The molecule has 0 aliphatic carbocycles. The van der Waals surface area contributed by atoms with E-state index < -0.39 is 124 Å². The van der Waals surface area contributed by atoms with E-state index in [4.69, 9.17) is 28.4 Å². The highest BCUT2D eigenvalue weighted by atomic mass is 16.8. The summed E-state index contributed by atoms with van der Waals surface area (Å²) in [5.74, 6) is -0.287. The van der Waals surface area contributed by atoms with Gasteiger partial charge >= 0.3 is 0 Å². The lowest BCUT2D eigenvalue weighted by atomic mass is 9.96. The highest BCUT2D eigenvalue weighted by Crippen LogP contribution is 2.33. The molecule has 12 N–H and O–H groups in total. The van der Waals surface area contributed by atoms with Gasteiger partial charge in [0.2, 0.25) is 5.91 Å². The van der Waals surface area contributed by atoms with Crippen LogP contribution < -0.4 is 5.32 Å². The van der Waals surface area contributed by atoms with E-state index in [2.05, 4.69) is 43.5 Å². The molecular formula is C64H117NO18. The quantitative estimate of drug-likeness (QED) is 0.0211. The zero-order valence-electron chi connectivity index (χ0n) is 50.9. The van der Waals surface area contributed by atoms with Crippen molar-refractivity contribution in [2.45, 2.75) is 336 Å². The molecule has 3 saturated heterocycles. The summed E-state index contributed by atoms with van der Waals surface area (Å²) >= 11 is 0. The molecule has 17 unspecified atom stereocenters. The van der Waals surface area contributed by atoms with Crippen molar-refractivity contribution in [1.82, 2.24) is 5.32 Å². The minimum atomic E-state index is -1.98. The average molecular weight is 1190 g/mol. The molecule has 3 heterocycles. The number of aliphatic hydroxyl groups excluding tert-OH is 11. The van der Waals surface area contributed by atoms with Crippen molar-refractivity contribution in [3.63, 3.8) is 0 Å². The zero-order valence-corrected chi connectivity index (χ0v) is 50.9. The summed E-state index contributed by atoms with van der Waals surface area (Å²) in [5, 5.41) is 120. The van der Waals surface area contributed by atoms with Crippen molar-refractivity contribution in [2.24, 2.45) is 0 Å². The van der Waals surface area contributed by atoms with Gasteiger partial charge in [0.1, 0.15) is 73.2 Å². The molecule has 486 valence electrons. The minimum absolute atomic E-state index is 0.234. The molecule has 0 aromatic rings. The van der Waals surface area contributed by atoms with Crippen LogP contribution in [0.3, 0.4) is 0 Å². The standard InChI is InChI=1S/C64H117NO18/c1-3-5-7-9-11-13-15-17-19-21-23-25-27-29-31-33-35-37-39-41-48(69)47(65-52(70)42-40-38-36-34-32-30-28-26-24-22-20-18-16-14-12-10-8-6-4-2)46-78-62-58(76)55(73)60(50(44-67)80-62)83-64-59(77)56(74)61(51(45-68)81-64)82-63-57(75)54(72)53(71)49(43-66)79-63/h18,20,31,33,39,41,47-51,53-64,66-69,71-77H,3-17,19,21-30,32,34-38,40,42-46H2,1-2H3,(H,65,70)/b20-18-,33-31+,41-39+. The molecule has 17 atom stereocenters. The monoisotopic (exact) mass is 1190 g/mol. The number of carbonyl (C=O) groups is 1. The summed E-state index contributed by atoms with van der Waals surface area (Å²) in [6.45, 7) is 1.71. The number of unbranched alkanes of at least 4 members (excludes halogenated alkanes) is 29. The van der Waals surface area contributed by atoms with E-state index in [0.29, 0.717) is 12.8 Å². The molecule has 3 aliphatic rings. The van der Waals surface area contributed by atoms with Gasteiger partial charge in [-0.05, 0) is 57.8 Å². The highest BCUT2D eigenvalue weighted by Gasteiger charge is 2.53. The lowest BCUT2D eigenvalue weighted by Crippen LogP contribution is -2.66. The second kappa shape index (κ2) is 47.1. The van der Waals surface area contributed by atoms with E-state index in [1.807, 2.05) is 6.08 Å². The fourth-order valence-corrected chi connectivity index (χ4v) is 11.0. The highest BCUT2D eigenvalue weighted by molar-refractivity contribution is 5.76. The van der Waals surface area contributed by atoms with Gasteiger partial charge in [0.25, 0.3) is 0 Å². The van der Waals surface area contributed by atoms with Gasteiger partial charge in [0.15, 0.2) is 18.9 Å². The molecule has 0 saturated carbocycles. The first-order valence-electron chi connectivity index (χ1n) is 32.7. The number of nitrogens with one attached hydrogen (secondary N) is 1. The third-order valence-electron chi connectivity index (χ3n) is 16.4. The van der Waals surface area contributed by atoms with Gasteiger partial charge in [0.05, 0.1) is 38.6 Å². The van der Waals surface area contributed by atoms with Crippen LogP contribution in [0.5, 0.6) is 0 Å². The lowest BCUT2D eigenvalue weighted by Gasteiger charge is -2.48. The van der Waals surface area contributed by atoms with E-state index in [1.165, 1.54) is 148 Å². The van der Waals surface area contributed by atoms with E-state index in [9.17, 15) is 61.0 Å². The molecule has 0 aromatic carbocycles. The Labute approximate surface area is 498 Å². The van der Waals surface area contributed by atoms with Crippen LogP contribution in [-0.4, -0.2) is 193 Å². The van der Waals surface area contributed by atoms with E-state index in [0.717, 1.165) is 51.4 Å². The Morgan fingerprint density at radius 3 is 1.20 bits per heavy atom. The van der Waals surface area contributed by atoms with E-state index in [-0.39, 0.29) is 18.9 Å². The van der Waals surface area contributed by atoms with Crippen LogP contribution in [0.4, 0.5) is 0 Å². The van der Waals surface area contributed by atoms with Gasteiger partial charge in [-0.15, -0.1) is 0 Å². The molecule has 3 fully saturated rings. The number of hydrogen-bond donors (Lipinski definition) is 12. The van der Waals surface area contributed by atoms with Crippen molar-refractivity contribution >= 4 is 5.91 Å². The van der Waals surface area contributed by atoms with Crippen LogP contribution in [0.1, 0.15) is 232 Å². The van der Waals surface area contributed by atoms with Gasteiger partial charge < -0.3 is 89.9 Å². The SMILES string of the molecule is CCCCCCCC/C=C\CCCCCCCCCCCC(=O)NC(COC1OC(CO)C(OC2OC(CO)C(OC3OC(CO)C(O)C(O)C3O)C(O)C2O)C(O)C1O)C(O)/C=C/CC/C=C/CCCCCCCCCCCCCCC. The molecule has 0 aromatic heterocycles. The van der Waals surface area contributed by atoms with Crippen molar-refractivity contribution in [3.8, 4) is 0 Å². The summed E-state index contributed by atoms with van der Waals surface area (Å²) in [5.41, 5.74) is 0. The number of carbonyl (C=O) groups excluding carboxylic acids is 1. The average Bonchev–Trinajstić information content (AvgIpc) is 3.43.